The van der Waals surface area contributed by atoms with Gasteiger partial charge in [0.2, 0.25) is 0 Å². The molecule has 2 rings (SSSR count). The number of carboxylic acid groups (broad SMARTS) is 1. The average molecular weight is 223 g/mol. The Hall–Kier alpha value is -1.36. The molecule has 16 heavy (non-hydrogen) atoms. The van der Waals surface area contributed by atoms with Crippen LogP contribution in [0.4, 0.5) is 0 Å². The molecule has 0 aliphatic carbocycles. The first-order chi connectivity index (χ1) is 7.70. The molecular weight excluding hydrogens is 206 g/mol. The highest BCUT2D eigenvalue weighted by atomic mass is 16.4. The van der Waals surface area contributed by atoms with Crippen molar-refractivity contribution >= 4 is 5.97 Å². The molecule has 1 N–H and O–H groups in total. The van der Waals surface area contributed by atoms with Crippen LogP contribution >= 0.6 is 0 Å². The molecule has 1 unspecified atom stereocenters. The Morgan fingerprint density at radius 1 is 1.44 bits per heavy atom. The van der Waals surface area contributed by atoms with Crippen LogP contribution in [0.1, 0.15) is 31.0 Å². The monoisotopic (exact) mass is 223 g/mol. The van der Waals surface area contributed by atoms with Crippen LogP contribution in [0.5, 0.6) is 0 Å². The zero-order valence-electron chi connectivity index (χ0n) is 9.46. The Kier molecular flexibility index (Phi) is 3.24. The van der Waals surface area contributed by atoms with E-state index >= 15 is 0 Å². The van der Waals surface area contributed by atoms with E-state index in [1.165, 1.54) is 6.42 Å². The number of imidazole rings is 1. The van der Waals surface area contributed by atoms with Crippen molar-refractivity contribution in [3.05, 3.63) is 18.2 Å². The van der Waals surface area contributed by atoms with Gasteiger partial charge in [0, 0.05) is 7.05 Å². The predicted molar refractivity (Wildman–Crippen MR) is 59.0 cm³/mol. The number of hydrogen-bond acceptors (Lipinski definition) is 3. The number of carboxylic acids is 1. The number of nitrogens with zero attached hydrogens (tertiary/aromatic N) is 3. The fourth-order valence-corrected chi connectivity index (χ4v) is 2.28. The molecule has 0 radical (unpaired) electrons. The third-order valence-corrected chi connectivity index (χ3v) is 3.12. The van der Waals surface area contributed by atoms with Crippen LogP contribution in [0.15, 0.2) is 12.5 Å². The molecule has 5 nitrogen and oxygen atoms in total. The van der Waals surface area contributed by atoms with E-state index in [2.05, 4.69) is 4.98 Å². The Bertz CT molecular complexity index is 369. The van der Waals surface area contributed by atoms with Crippen LogP contribution in [0.3, 0.4) is 0 Å². The van der Waals surface area contributed by atoms with E-state index in [0.29, 0.717) is 0 Å². The zero-order valence-corrected chi connectivity index (χ0v) is 9.46. The van der Waals surface area contributed by atoms with Crippen LogP contribution in [0.2, 0.25) is 0 Å². The summed E-state index contributed by atoms with van der Waals surface area (Å²) in [6, 6.07) is -0.548. The maximum absolute atomic E-state index is 11.4. The van der Waals surface area contributed by atoms with Gasteiger partial charge in [-0.15, -0.1) is 0 Å². The third-order valence-electron chi connectivity index (χ3n) is 3.12. The summed E-state index contributed by atoms with van der Waals surface area (Å²) in [5.74, 6) is -0.787. The highest BCUT2D eigenvalue weighted by Crippen LogP contribution is 2.24. The third kappa shape index (κ3) is 2.09. The molecule has 1 saturated heterocycles. The Morgan fingerprint density at radius 3 is 2.62 bits per heavy atom. The number of rotatable bonds is 3. The van der Waals surface area contributed by atoms with Crippen LogP contribution < -0.4 is 0 Å². The molecule has 1 atom stereocenters. The maximum Gasteiger partial charge on any atom is 0.327 e. The Morgan fingerprint density at radius 2 is 2.12 bits per heavy atom. The van der Waals surface area contributed by atoms with Gasteiger partial charge in [-0.25, -0.2) is 4.98 Å². The molecule has 1 aliphatic rings. The number of carbonyl (C=O) groups is 1. The van der Waals surface area contributed by atoms with Gasteiger partial charge in [0.15, 0.2) is 6.04 Å². The fraction of sp³-hybridized carbons (Fsp3) is 0.636. The molecule has 0 amide bonds. The van der Waals surface area contributed by atoms with Crippen molar-refractivity contribution in [2.45, 2.75) is 25.3 Å². The second-order valence-electron chi connectivity index (χ2n) is 4.27. The van der Waals surface area contributed by atoms with E-state index in [9.17, 15) is 9.90 Å². The van der Waals surface area contributed by atoms with Gasteiger partial charge in [-0.2, -0.15) is 0 Å². The molecule has 1 aliphatic heterocycles. The lowest BCUT2D eigenvalue weighted by Crippen LogP contribution is -2.38. The summed E-state index contributed by atoms with van der Waals surface area (Å²) in [7, 11) is 1.84. The van der Waals surface area contributed by atoms with E-state index in [0.717, 1.165) is 31.6 Å². The molecule has 1 fully saturated rings. The normalized spacial score (nSPS) is 19.6. The van der Waals surface area contributed by atoms with Gasteiger partial charge in [-0.3, -0.25) is 9.69 Å². The lowest BCUT2D eigenvalue weighted by molar-refractivity contribution is -0.144. The minimum atomic E-state index is -0.787. The molecule has 1 aromatic heterocycles. The van der Waals surface area contributed by atoms with Crippen molar-refractivity contribution in [3.8, 4) is 0 Å². The summed E-state index contributed by atoms with van der Waals surface area (Å²) >= 11 is 0. The zero-order chi connectivity index (χ0) is 11.5. The molecule has 1 aromatic rings. The standard InChI is InChI=1S/C11H17N3O2/c1-13-8-12-7-9(13)10(11(15)16)14-5-3-2-4-6-14/h7-8,10H,2-6H2,1H3,(H,15,16). The van der Waals surface area contributed by atoms with E-state index < -0.39 is 12.0 Å². The maximum atomic E-state index is 11.4. The highest BCUT2D eigenvalue weighted by Gasteiger charge is 2.30. The molecule has 2 heterocycles. The van der Waals surface area contributed by atoms with Crippen LogP contribution in [0, 0.1) is 0 Å². The summed E-state index contributed by atoms with van der Waals surface area (Å²) in [4.78, 5) is 17.4. The smallest absolute Gasteiger partial charge is 0.327 e. The van der Waals surface area contributed by atoms with E-state index in [1.54, 1.807) is 17.1 Å². The van der Waals surface area contributed by atoms with Gasteiger partial charge >= 0.3 is 5.97 Å². The largest absolute Gasteiger partial charge is 0.480 e. The summed E-state index contributed by atoms with van der Waals surface area (Å²) in [6.07, 6.45) is 6.67. The van der Waals surface area contributed by atoms with Crippen molar-refractivity contribution in [1.82, 2.24) is 14.5 Å². The fourth-order valence-electron chi connectivity index (χ4n) is 2.28. The van der Waals surface area contributed by atoms with Crippen molar-refractivity contribution in [2.24, 2.45) is 7.05 Å². The first kappa shape index (κ1) is 11.1. The number of aryl methyl sites for hydroxylation is 1. The SMILES string of the molecule is Cn1cncc1C(C(=O)O)N1CCCCC1. The predicted octanol–water partition coefficient (Wildman–Crippen LogP) is 1.03. The molecule has 5 heteroatoms. The van der Waals surface area contributed by atoms with Crippen molar-refractivity contribution < 1.29 is 9.90 Å². The van der Waals surface area contributed by atoms with Gasteiger partial charge in [0.05, 0.1) is 18.2 Å². The quantitative estimate of drug-likeness (QED) is 0.831. The van der Waals surface area contributed by atoms with Gasteiger partial charge in [0.1, 0.15) is 0 Å². The van der Waals surface area contributed by atoms with Gasteiger partial charge in [-0.1, -0.05) is 6.42 Å². The first-order valence-corrected chi connectivity index (χ1v) is 5.63. The van der Waals surface area contributed by atoms with E-state index in [1.807, 2.05) is 11.9 Å². The van der Waals surface area contributed by atoms with Crippen LogP contribution in [-0.2, 0) is 11.8 Å². The first-order valence-electron chi connectivity index (χ1n) is 5.63. The lowest BCUT2D eigenvalue weighted by Gasteiger charge is -2.31. The van der Waals surface area contributed by atoms with E-state index in [4.69, 9.17) is 0 Å². The topological polar surface area (TPSA) is 58.4 Å². The van der Waals surface area contributed by atoms with Crippen molar-refractivity contribution in [3.63, 3.8) is 0 Å². The highest BCUT2D eigenvalue weighted by molar-refractivity contribution is 5.74. The summed E-state index contributed by atoms with van der Waals surface area (Å²) in [5, 5.41) is 9.34. The second kappa shape index (κ2) is 4.65. The molecule has 0 saturated carbocycles. The Labute approximate surface area is 94.7 Å². The number of aromatic nitrogens is 2. The lowest BCUT2D eigenvalue weighted by atomic mass is 10.1. The minimum absolute atomic E-state index is 0.548. The Balaban J connectivity index is 2.23. The van der Waals surface area contributed by atoms with E-state index in [-0.39, 0.29) is 0 Å². The summed E-state index contributed by atoms with van der Waals surface area (Å²) < 4.78 is 1.79. The van der Waals surface area contributed by atoms with Crippen LogP contribution in [-0.4, -0.2) is 38.6 Å². The minimum Gasteiger partial charge on any atom is -0.480 e. The van der Waals surface area contributed by atoms with Gasteiger partial charge in [0.25, 0.3) is 0 Å². The van der Waals surface area contributed by atoms with Crippen LogP contribution in [0.25, 0.3) is 0 Å². The second-order valence-corrected chi connectivity index (χ2v) is 4.27. The summed E-state index contributed by atoms with van der Waals surface area (Å²) in [6.45, 7) is 1.73. The summed E-state index contributed by atoms with van der Waals surface area (Å²) in [5.41, 5.74) is 0.759. The molecule has 0 aromatic carbocycles. The molecule has 0 spiro atoms. The number of hydrogen-bond donors (Lipinski definition) is 1. The number of likely N-dealkylation sites (tertiary alicyclic amines) is 1. The van der Waals surface area contributed by atoms with Gasteiger partial charge in [-0.05, 0) is 25.9 Å². The molecule has 88 valence electrons. The molecule has 0 bridgehead atoms. The van der Waals surface area contributed by atoms with Gasteiger partial charge < -0.3 is 9.67 Å². The number of piperidine rings is 1. The van der Waals surface area contributed by atoms with Crippen molar-refractivity contribution in [1.29, 1.82) is 0 Å². The molecular formula is C11H17N3O2. The van der Waals surface area contributed by atoms with Crippen molar-refractivity contribution in [2.75, 3.05) is 13.1 Å². The number of aliphatic carboxylic acids is 1. The average Bonchev–Trinajstić information content (AvgIpc) is 2.66.